The van der Waals surface area contributed by atoms with Crippen LogP contribution in [0.25, 0.3) is 0 Å². The quantitative estimate of drug-likeness (QED) is 0.0970. The molecule has 1 aliphatic rings. The van der Waals surface area contributed by atoms with Crippen molar-refractivity contribution >= 4 is 52.9 Å². The Labute approximate surface area is 298 Å². The van der Waals surface area contributed by atoms with Crippen molar-refractivity contribution in [3.05, 3.63) is 94.8 Å². The zero-order chi connectivity index (χ0) is 37.3. The average molecular weight is 742 g/mol. The number of carbonyl (C=O) groups excluding carboxylic acids is 3. The monoisotopic (exact) mass is 741 g/mol. The summed E-state index contributed by atoms with van der Waals surface area (Å²) in [6.07, 6.45) is -1.29. The summed E-state index contributed by atoms with van der Waals surface area (Å²) in [4.78, 5) is 65.3. The lowest BCUT2D eigenvalue weighted by atomic mass is 10.1. The van der Waals surface area contributed by atoms with E-state index in [-0.39, 0.29) is 24.0 Å². The van der Waals surface area contributed by atoms with E-state index in [1.54, 1.807) is 36.5 Å². The van der Waals surface area contributed by atoms with Crippen LogP contribution in [0, 0.1) is 0 Å². The lowest BCUT2D eigenvalue weighted by molar-refractivity contribution is -0.154. The van der Waals surface area contributed by atoms with E-state index in [1.165, 1.54) is 24.3 Å². The Morgan fingerprint density at radius 3 is 2.23 bits per heavy atom. The minimum atomic E-state index is -4.65. The summed E-state index contributed by atoms with van der Waals surface area (Å²) in [6, 6.07) is 15.7. The molecule has 6 N–H and O–H groups in total. The summed E-state index contributed by atoms with van der Waals surface area (Å²) in [5.74, 6) is -4.55. The van der Waals surface area contributed by atoms with Crippen molar-refractivity contribution in [1.82, 2.24) is 35.9 Å². The number of carbonyl (C=O) groups is 4. The number of hydrogen-bond donors (Lipinski definition) is 6. The number of hydrogen-bond acceptors (Lipinski definition) is 11. The summed E-state index contributed by atoms with van der Waals surface area (Å²) in [5, 5.41) is 23.0. The van der Waals surface area contributed by atoms with E-state index in [2.05, 4.69) is 46.5 Å². The molecule has 15 nitrogen and oxygen atoms in total. The van der Waals surface area contributed by atoms with Gasteiger partial charge in [-0.3, -0.25) is 19.4 Å². The Balaban J connectivity index is 1.19. The first-order valence-electron chi connectivity index (χ1n) is 15.7. The fourth-order valence-electron chi connectivity index (χ4n) is 4.75. The van der Waals surface area contributed by atoms with Crippen molar-refractivity contribution in [2.75, 3.05) is 30.3 Å². The molecule has 2 aromatic carbocycles. The molecule has 5 rings (SSSR count). The molecule has 4 aromatic rings. The minimum Gasteiger partial charge on any atom is -0.480 e. The van der Waals surface area contributed by atoms with Gasteiger partial charge in [0, 0.05) is 47.7 Å². The molecule has 1 aliphatic carbocycles. The summed E-state index contributed by atoms with van der Waals surface area (Å²) in [5.41, 5.74) is 1.35. The predicted octanol–water partition coefficient (Wildman–Crippen LogP) is 3.36. The average Bonchev–Trinajstić information content (AvgIpc) is 3.89. The highest BCUT2D eigenvalue weighted by atomic mass is 35.5. The Morgan fingerprint density at radius 2 is 1.60 bits per heavy atom. The van der Waals surface area contributed by atoms with Gasteiger partial charge in [0.15, 0.2) is 6.61 Å². The number of rotatable bonds is 15. The number of pyridine rings is 1. The van der Waals surface area contributed by atoms with Gasteiger partial charge in [-0.05, 0) is 66.9 Å². The molecule has 52 heavy (non-hydrogen) atoms. The van der Waals surface area contributed by atoms with Crippen LogP contribution in [0.3, 0.4) is 0 Å². The molecule has 1 fully saturated rings. The number of alkyl halides is 3. The van der Waals surface area contributed by atoms with Crippen molar-refractivity contribution in [2.45, 2.75) is 37.0 Å². The minimum absolute atomic E-state index is 0.0289. The molecule has 2 aromatic heterocycles. The van der Waals surface area contributed by atoms with Crippen LogP contribution < -0.4 is 31.3 Å². The summed E-state index contributed by atoms with van der Waals surface area (Å²) in [7, 11) is 0. The van der Waals surface area contributed by atoms with Crippen molar-refractivity contribution in [2.24, 2.45) is 0 Å². The molecule has 3 amide bonds. The van der Waals surface area contributed by atoms with Crippen LogP contribution in [-0.4, -0.2) is 80.6 Å². The molecule has 2 heterocycles. The number of amides is 3. The van der Waals surface area contributed by atoms with E-state index >= 15 is 0 Å². The first kappa shape index (κ1) is 37.2. The van der Waals surface area contributed by atoms with Gasteiger partial charge in [0.2, 0.25) is 11.9 Å². The molecule has 0 bridgehead atoms. The molecule has 1 atom stereocenters. The van der Waals surface area contributed by atoms with Gasteiger partial charge < -0.3 is 36.4 Å². The number of aliphatic carboxylic acids is 1. The second-order valence-electron chi connectivity index (χ2n) is 11.5. The smallest absolute Gasteiger partial charge is 0.422 e. The molecule has 0 unspecified atom stereocenters. The van der Waals surface area contributed by atoms with Gasteiger partial charge in [0.25, 0.3) is 5.91 Å². The van der Waals surface area contributed by atoms with E-state index < -0.39 is 60.6 Å². The van der Waals surface area contributed by atoms with Gasteiger partial charge in [-0.15, -0.1) is 0 Å². The van der Waals surface area contributed by atoms with Gasteiger partial charge in [-0.1, -0.05) is 29.8 Å². The second-order valence-corrected chi connectivity index (χ2v) is 11.9. The van der Waals surface area contributed by atoms with E-state index in [1.807, 2.05) is 12.1 Å². The summed E-state index contributed by atoms with van der Waals surface area (Å²) >= 11 is 6.01. The first-order chi connectivity index (χ1) is 24.8. The largest absolute Gasteiger partial charge is 0.480 e. The van der Waals surface area contributed by atoms with Crippen LogP contribution in [-0.2, 0) is 26.3 Å². The van der Waals surface area contributed by atoms with E-state index in [0.29, 0.717) is 35.7 Å². The molecule has 0 aliphatic heterocycles. The number of aromatic nitrogens is 4. The maximum absolute atomic E-state index is 12.9. The van der Waals surface area contributed by atoms with Crippen LogP contribution in [0.4, 0.5) is 30.8 Å². The maximum atomic E-state index is 12.9. The van der Waals surface area contributed by atoms with Crippen LogP contribution in [0.1, 0.15) is 34.5 Å². The fraction of sp³-hybridized carbons (Fsp3) is 0.273. The molecular weight excluding hydrogens is 711 g/mol. The fourth-order valence-corrected chi connectivity index (χ4v) is 4.88. The number of carboxylic acid groups (broad SMARTS) is 1. The van der Waals surface area contributed by atoms with Crippen molar-refractivity contribution < 1.29 is 42.2 Å². The molecule has 0 spiro atoms. The predicted molar refractivity (Wildman–Crippen MR) is 180 cm³/mol. The lowest BCUT2D eigenvalue weighted by Crippen LogP contribution is -2.51. The molecule has 0 radical (unpaired) electrons. The SMILES string of the molecule is O=C(NCCc1ccccn1)C(=O)NC[C@H](NC(=O)c1ccc(Nc2nc(NC3(c4ccc(Cl)cc4)CC3)nc(OCC(F)(F)F)n2)cc1)C(=O)O. The standard InChI is InChI=1S/C33H31ClF3N9O6/c34-21-8-6-20(7-9-21)32(13-14-32)46-30-43-29(44-31(45-30)52-18-33(35,36)37)41-23-10-4-19(5-11-23)25(47)42-24(28(50)51)17-40-27(49)26(48)39-16-12-22-3-1-2-15-38-22/h1-11,15,24H,12-14,16-18H2,(H,39,48)(H,40,49)(H,42,47)(H,50,51)(H2,41,43,44,45,46)/t24-/m0/s1. The number of anilines is 3. The Bertz CT molecular complexity index is 1900. The van der Waals surface area contributed by atoms with Crippen LogP contribution in [0.5, 0.6) is 6.01 Å². The highest BCUT2D eigenvalue weighted by Crippen LogP contribution is 2.48. The molecule has 0 saturated heterocycles. The molecule has 272 valence electrons. The molecule has 1 saturated carbocycles. The summed E-state index contributed by atoms with van der Waals surface area (Å²) < 4.78 is 43.5. The molecule has 19 heteroatoms. The van der Waals surface area contributed by atoms with Gasteiger partial charge >= 0.3 is 30.0 Å². The van der Waals surface area contributed by atoms with E-state index in [4.69, 9.17) is 16.3 Å². The number of carboxylic acids is 1. The lowest BCUT2D eigenvalue weighted by Gasteiger charge is -2.19. The second kappa shape index (κ2) is 16.3. The third kappa shape index (κ3) is 10.7. The van der Waals surface area contributed by atoms with Gasteiger partial charge in [0.05, 0.1) is 5.54 Å². The van der Waals surface area contributed by atoms with Gasteiger partial charge in [-0.2, -0.15) is 28.1 Å². The topological polar surface area (TPSA) is 209 Å². The van der Waals surface area contributed by atoms with Gasteiger partial charge in [-0.25, -0.2) is 4.79 Å². The normalized spacial score (nSPS) is 13.6. The van der Waals surface area contributed by atoms with E-state index in [9.17, 15) is 37.5 Å². The number of nitrogens with zero attached hydrogens (tertiary/aromatic N) is 4. The maximum Gasteiger partial charge on any atom is 0.422 e. The number of nitrogens with one attached hydrogen (secondary N) is 5. The third-order valence-electron chi connectivity index (χ3n) is 7.55. The Kier molecular flexibility index (Phi) is 11.7. The Morgan fingerprint density at radius 1 is 0.904 bits per heavy atom. The van der Waals surface area contributed by atoms with Crippen LogP contribution in [0.2, 0.25) is 5.02 Å². The first-order valence-corrected chi connectivity index (χ1v) is 16.0. The summed E-state index contributed by atoms with van der Waals surface area (Å²) in [6.45, 7) is -2.10. The van der Waals surface area contributed by atoms with Crippen molar-refractivity contribution in [1.29, 1.82) is 0 Å². The van der Waals surface area contributed by atoms with Crippen LogP contribution >= 0.6 is 11.6 Å². The molecular formula is C33H31ClF3N9O6. The number of halogens is 4. The zero-order valence-electron chi connectivity index (χ0n) is 27.0. The van der Waals surface area contributed by atoms with Gasteiger partial charge in [0.1, 0.15) is 6.04 Å². The third-order valence-corrected chi connectivity index (χ3v) is 7.80. The Hall–Kier alpha value is -6.04. The highest BCUT2D eigenvalue weighted by Gasteiger charge is 2.45. The highest BCUT2D eigenvalue weighted by molar-refractivity contribution is 6.35. The zero-order valence-corrected chi connectivity index (χ0v) is 27.8. The van der Waals surface area contributed by atoms with Crippen molar-refractivity contribution in [3.63, 3.8) is 0 Å². The van der Waals surface area contributed by atoms with Crippen LogP contribution in [0.15, 0.2) is 72.9 Å². The van der Waals surface area contributed by atoms with Crippen molar-refractivity contribution in [3.8, 4) is 6.01 Å². The van der Waals surface area contributed by atoms with E-state index in [0.717, 1.165) is 5.56 Å². The number of benzene rings is 2. The number of ether oxygens (including phenoxy) is 1.